The van der Waals surface area contributed by atoms with Crippen molar-refractivity contribution in [1.29, 1.82) is 0 Å². The van der Waals surface area contributed by atoms with E-state index in [9.17, 15) is 4.79 Å². The summed E-state index contributed by atoms with van der Waals surface area (Å²) in [6, 6.07) is 2.45. The number of methoxy groups -OCH3 is 1. The van der Waals surface area contributed by atoms with Crippen LogP contribution in [0.2, 0.25) is 0 Å². The van der Waals surface area contributed by atoms with E-state index in [1.807, 2.05) is 12.1 Å². The van der Waals surface area contributed by atoms with Gasteiger partial charge in [0.25, 0.3) is 0 Å². The van der Waals surface area contributed by atoms with Gasteiger partial charge in [-0.1, -0.05) is 22.0 Å². The number of carbonyl (C=O) groups excluding carboxylic acids is 1. The SMILES string of the molecule is C=CCN1CC[C@@]23c4c5c(Br)cc(OC)c4O[C@@H]2C(=O)CCC3C1C5. The molecule has 2 heterocycles. The van der Waals surface area contributed by atoms with Crippen LogP contribution in [0, 0.1) is 5.92 Å². The molecule has 1 spiro atoms. The van der Waals surface area contributed by atoms with Crippen LogP contribution in [0.1, 0.15) is 30.4 Å². The van der Waals surface area contributed by atoms with Crippen molar-refractivity contribution in [3.8, 4) is 11.5 Å². The monoisotopic (exact) mass is 403 g/mol. The van der Waals surface area contributed by atoms with Gasteiger partial charge >= 0.3 is 0 Å². The number of piperidine rings is 1. The molecule has 1 saturated carbocycles. The second-order valence-corrected chi connectivity index (χ2v) is 8.55. The first kappa shape index (κ1) is 15.9. The van der Waals surface area contributed by atoms with E-state index < -0.39 is 0 Å². The molecule has 4 atom stereocenters. The first-order chi connectivity index (χ1) is 12.1. The number of carbonyl (C=O) groups is 1. The third-order valence-corrected chi connectivity index (χ3v) is 7.57. The van der Waals surface area contributed by atoms with Crippen LogP contribution in [0.4, 0.5) is 0 Å². The van der Waals surface area contributed by atoms with E-state index >= 15 is 0 Å². The topological polar surface area (TPSA) is 38.8 Å². The summed E-state index contributed by atoms with van der Waals surface area (Å²) in [5.74, 6) is 2.29. The summed E-state index contributed by atoms with van der Waals surface area (Å²) in [7, 11) is 1.67. The van der Waals surface area contributed by atoms with Crippen LogP contribution in [0.15, 0.2) is 23.2 Å². The molecule has 4 aliphatic rings. The quantitative estimate of drug-likeness (QED) is 0.726. The minimum atomic E-state index is -0.336. The Morgan fingerprint density at radius 1 is 1.56 bits per heavy atom. The highest BCUT2D eigenvalue weighted by Gasteiger charge is 2.66. The highest BCUT2D eigenvalue weighted by molar-refractivity contribution is 9.10. The molecule has 0 N–H and O–H groups in total. The Labute approximate surface area is 156 Å². The zero-order valence-electron chi connectivity index (χ0n) is 14.4. The van der Waals surface area contributed by atoms with Crippen LogP contribution in [0.3, 0.4) is 0 Å². The van der Waals surface area contributed by atoms with E-state index in [4.69, 9.17) is 9.47 Å². The maximum Gasteiger partial charge on any atom is 0.174 e. The van der Waals surface area contributed by atoms with Crippen molar-refractivity contribution < 1.29 is 14.3 Å². The maximum absolute atomic E-state index is 12.8. The molecule has 2 aliphatic carbocycles. The van der Waals surface area contributed by atoms with Gasteiger partial charge in [-0.05, 0) is 43.4 Å². The smallest absolute Gasteiger partial charge is 0.174 e. The van der Waals surface area contributed by atoms with Crippen molar-refractivity contribution >= 4 is 21.7 Å². The van der Waals surface area contributed by atoms with E-state index in [2.05, 4.69) is 27.4 Å². The Bertz CT molecular complexity index is 792. The fourth-order valence-corrected chi connectivity index (χ4v) is 6.55. The van der Waals surface area contributed by atoms with Crippen LogP contribution >= 0.6 is 15.9 Å². The lowest BCUT2D eigenvalue weighted by Gasteiger charge is -2.57. The lowest BCUT2D eigenvalue weighted by atomic mass is 9.51. The number of hydrogen-bond donors (Lipinski definition) is 0. The zero-order valence-corrected chi connectivity index (χ0v) is 16.0. The van der Waals surface area contributed by atoms with Crippen molar-refractivity contribution in [1.82, 2.24) is 4.90 Å². The molecule has 0 radical (unpaired) electrons. The summed E-state index contributed by atoms with van der Waals surface area (Å²) in [6.45, 7) is 5.84. The molecule has 5 heteroatoms. The lowest BCUT2D eigenvalue weighted by molar-refractivity contribution is -0.138. The Balaban J connectivity index is 1.77. The maximum atomic E-state index is 12.8. The van der Waals surface area contributed by atoms with Gasteiger partial charge in [0, 0.05) is 34.5 Å². The van der Waals surface area contributed by atoms with Gasteiger partial charge in [0.2, 0.25) is 0 Å². The second-order valence-electron chi connectivity index (χ2n) is 7.70. The summed E-state index contributed by atoms with van der Waals surface area (Å²) in [6.07, 6.45) is 5.22. The van der Waals surface area contributed by atoms with Gasteiger partial charge in [0.1, 0.15) is 0 Å². The van der Waals surface area contributed by atoms with Crippen molar-refractivity contribution in [3.05, 3.63) is 34.3 Å². The molecule has 0 aromatic heterocycles. The van der Waals surface area contributed by atoms with E-state index in [0.29, 0.717) is 18.4 Å². The summed E-state index contributed by atoms with van der Waals surface area (Å²) in [5.41, 5.74) is 2.40. The van der Waals surface area contributed by atoms with Gasteiger partial charge in [0.15, 0.2) is 23.4 Å². The molecule has 1 aromatic carbocycles. The number of nitrogens with zero attached hydrogens (tertiary/aromatic N) is 1. The summed E-state index contributed by atoms with van der Waals surface area (Å²) < 4.78 is 13.0. The van der Waals surface area contributed by atoms with Crippen molar-refractivity contribution in [2.45, 2.75) is 43.2 Å². The Kier molecular flexibility index (Phi) is 3.39. The van der Waals surface area contributed by atoms with Crippen LogP contribution in [0.5, 0.6) is 11.5 Å². The number of halogens is 1. The largest absolute Gasteiger partial charge is 0.493 e. The lowest BCUT2D eigenvalue weighted by Crippen LogP contribution is -2.66. The average Bonchev–Trinajstić information content (AvgIpc) is 2.95. The van der Waals surface area contributed by atoms with Crippen molar-refractivity contribution in [2.24, 2.45) is 5.92 Å². The third-order valence-electron chi connectivity index (χ3n) is 6.87. The predicted molar refractivity (Wildman–Crippen MR) is 98.4 cm³/mol. The summed E-state index contributed by atoms with van der Waals surface area (Å²) in [5, 5.41) is 0. The van der Waals surface area contributed by atoms with Crippen LogP contribution < -0.4 is 9.47 Å². The van der Waals surface area contributed by atoms with Gasteiger partial charge < -0.3 is 9.47 Å². The fraction of sp³-hybridized carbons (Fsp3) is 0.550. The van der Waals surface area contributed by atoms with Gasteiger partial charge in [-0.3, -0.25) is 9.69 Å². The fourth-order valence-electron chi connectivity index (χ4n) is 5.98. The molecule has 4 nitrogen and oxygen atoms in total. The number of hydrogen-bond acceptors (Lipinski definition) is 4. The summed E-state index contributed by atoms with van der Waals surface area (Å²) >= 11 is 3.76. The third kappa shape index (κ3) is 1.83. The Hall–Kier alpha value is -1.33. The standard InChI is InChI=1S/C20H22BrNO3/c1-3-7-22-8-6-20-12-4-5-15(23)19(20)25-18-16(24-2)10-13(21)11(17(18)20)9-14(12)22/h3,10,12,14,19H,1,4-9H2,2H3/t12?,14?,19-,20-/m1/s1. The van der Waals surface area contributed by atoms with Crippen LogP contribution in [0.25, 0.3) is 0 Å². The minimum absolute atomic E-state index is 0.169. The molecule has 1 aromatic rings. The number of likely N-dealkylation sites (tertiary alicyclic amines) is 1. The molecular weight excluding hydrogens is 382 g/mol. The molecular formula is C20H22BrNO3. The van der Waals surface area contributed by atoms with E-state index in [-0.39, 0.29) is 17.3 Å². The van der Waals surface area contributed by atoms with Crippen LogP contribution in [-0.4, -0.2) is 43.0 Å². The molecule has 2 fully saturated rings. The van der Waals surface area contributed by atoms with Gasteiger partial charge in [-0.25, -0.2) is 0 Å². The zero-order chi connectivity index (χ0) is 17.3. The number of rotatable bonds is 3. The minimum Gasteiger partial charge on any atom is -0.493 e. The molecule has 1 saturated heterocycles. The Morgan fingerprint density at radius 2 is 2.40 bits per heavy atom. The van der Waals surface area contributed by atoms with Gasteiger partial charge in [-0.15, -0.1) is 6.58 Å². The van der Waals surface area contributed by atoms with E-state index in [0.717, 1.165) is 48.3 Å². The van der Waals surface area contributed by atoms with Gasteiger partial charge in [-0.2, -0.15) is 0 Å². The van der Waals surface area contributed by atoms with Crippen LogP contribution in [-0.2, 0) is 16.6 Å². The van der Waals surface area contributed by atoms with Crippen molar-refractivity contribution in [3.63, 3.8) is 0 Å². The molecule has 132 valence electrons. The summed E-state index contributed by atoms with van der Waals surface area (Å²) in [4.78, 5) is 15.4. The average molecular weight is 404 g/mol. The first-order valence-electron chi connectivity index (χ1n) is 9.06. The molecule has 2 unspecified atom stereocenters. The highest BCUT2D eigenvalue weighted by Crippen LogP contribution is 2.64. The van der Waals surface area contributed by atoms with E-state index in [1.54, 1.807) is 7.11 Å². The Morgan fingerprint density at radius 3 is 3.16 bits per heavy atom. The number of ketones is 1. The highest BCUT2D eigenvalue weighted by atomic mass is 79.9. The number of Topliss-reactive ketones (excluding diaryl/α,β-unsaturated/α-hetero) is 1. The molecule has 25 heavy (non-hydrogen) atoms. The first-order valence-corrected chi connectivity index (χ1v) is 9.85. The number of ether oxygens (including phenoxy) is 2. The molecule has 2 aliphatic heterocycles. The number of benzene rings is 1. The molecule has 5 rings (SSSR count). The van der Waals surface area contributed by atoms with Crippen molar-refractivity contribution in [2.75, 3.05) is 20.2 Å². The molecule has 2 bridgehead atoms. The van der Waals surface area contributed by atoms with E-state index in [1.165, 1.54) is 11.1 Å². The normalized spacial score (nSPS) is 35.1. The predicted octanol–water partition coefficient (Wildman–Crippen LogP) is 3.25. The molecule has 0 amide bonds. The second kappa shape index (κ2) is 5.34. The van der Waals surface area contributed by atoms with Gasteiger partial charge in [0.05, 0.1) is 7.11 Å².